The van der Waals surface area contributed by atoms with Gasteiger partial charge in [-0.2, -0.15) is 0 Å². The molecule has 3 nitrogen and oxygen atoms in total. The van der Waals surface area contributed by atoms with Gasteiger partial charge in [-0.1, -0.05) is 0 Å². The Labute approximate surface area is 101 Å². The van der Waals surface area contributed by atoms with E-state index in [4.69, 9.17) is 5.73 Å². The number of rotatable bonds is 0. The average molecular weight is 250 g/mol. The molecule has 3 rings (SSSR count). The summed E-state index contributed by atoms with van der Waals surface area (Å²) in [5, 5.41) is 4.01. The molecule has 1 aromatic heterocycles. The molecule has 82 valence electrons. The number of fused-ring (bicyclic) bond motifs is 3. The molecule has 0 aliphatic carbocycles. The van der Waals surface area contributed by atoms with Crippen LogP contribution in [0, 0.1) is 0 Å². The number of hydrogen-bond donors (Lipinski definition) is 2. The van der Waals surface area contributed by atoms with Crippen molar-refractivity contribution in [3.8, 4) is 0 Å². The number of carbonyl (C=O) groups excluding carboxylic acids is 1. The molecule has 1 aliphatic rings. The molecule has 16 heavy (non-hydrogen) atoms. The van der Waals surface area contributed by atoms with Crippen molar-refractivity contribution in [3.63, 3.8) is 0 Å². The third-order valence-corrected chi connectivity index (χ3v) is 4.93. The number of nitrogens with one attached hydrogen (secondary N) is 1. The van der Waals surface area contributed by atoms with Crippen LogP contribution in [-0.2, 0) is 0 Å². The van der Waals surface area contributed by atoms with Gasteiger partial charge in [0.25, 0.3) is 5.91 Å². The summed E-state index contributed by atoms with van der Waals surface area (Å²) in [5.41, 5.74) is 6.53. The molecule has 0 saturated heterocycles. The van der Waals surface area contributed by atoms with Gasteiger partial charge in [-0.15, -0.1) is 23.1 Å². The molecule has 0 fully saturated rings. The summed E-state index contributed by atoms with van der Waals surface area (Å²) < 4.78 is 1.13. The highest BCUT2D eigenvalue weighted by atomic mass is 32.2. The van der Waals surface area contributed by atoms with Crippen molar-refractivity contribution >= 4 is 44.8 Å². The van der Waals surface area contributed by atoms with Crippen LogP contribution in [-0.4, -0.2) is 18.2 Å². The summed E-state index contributed by atoms with van der Waals surface area (Å²) in [4.78, 5) is 13.7. The van der Waals surface area contributed by atoms with Gasteiger partial charge < -0.3 is 11.1 Å². The van der Waals surface area contributed by atoms with Crippen LogP contribution in [0.1, 0.15) is 9.67 Å². The van der Waals surface area contributed by atoms with Crippen molar-refractivity contribution in [2.75, 3.05) is 18.0 Å². The van der Waals surface area contributed by atoms with E-state index in [1.165, 1.54) is 0 Å². The van der Waals surface area contributed by atoms with E-state index < -0.39 is 0 Å². The summed E-state index contributed by atoms with van der Waals surface area (Å²) in [6.07, 6.45) is 0. The molecule has 0 saturated carbocycles. The lowest BCUT2D eigenvalue weighted by molar-refractivity contribution is 0.0959. The van der Waals surface area contributed by atoms with Gasteiger partial charge in [-0.25, -0.2) is 0 Å². The molecule has 0 bridgehead atoms. The number of benzene rings is 1. The molecule has 0 unspecified atom stereocenters. The number of hydrogen-bond acceptors (Lipinski definition) is 4. The van der Waals surface area contributed by atoms with Gasteiger partial charge in [0.1, 0.15) is 4.88 Å². The minimum Gasteiger partial charge on any atom is -0.399 e. The number of anilines is 1. The van der Waals surface area contributed by atoms with Crippen LogP contribution < -0.4 is 11.1 Å². The van der Waals surface area contributed by atoms with Gasteiger partial charge in [0.2, 0.25) is 0 Å². The topological polar surface area (TPSA) is 55.1 Å². The van der Waals surface area contributed by atoms with Gasteiger partial charge in [0, 0.05) is 33.0 Å². The number of nitrogen functional groups attached to an aromatic ring is 1. The van der Waals surface area contributed by atoms with Crippen molar-refractivity contribution in [3.05, 3.63) is 23.1 Å². The van der Waals surface area contributed by atoms with Gasteiger partial charge in [-0.05, 0) is 18.2 Å². The van der Waals surface area contributed by atoms with Crippen molar-refractivity contribution < 1.29 is 4.79 Å². The SMILES string of the molecule is Nc1ccc2sc3c(c2c1)SCCNC3=O. The molecule has 0 radical (unpaired) electrons. The standard InChI is InChI=1S/C11H10N2OS2/c12-6-1-2-8-7(5-6)9-10(16-8)11(14)13-3-4-15-9/h1-2,5H,3-4,12H2,(H,13,14). The lowest BCUT2D eigenvalue weighted by atomic mass is 10.2. The van der Waals surface area contributed by atoms with E-state index in [-0.39, 0.29) is 5.91 Å². The van der Waals surface area contributed by atoms with E-state index in [9.17, 15) is 4.79 Å². The van der Waals surface area contributed by atoms with Crippen LogP contribution in [0.2, 0.25) is 0 Å². The zero-order chi connectivity index (χ0) is 11.1. The predicted octanol–water partition coefficient (Wildman–Crippen LogP) is 2.32. The molecule has 1 aromatic carbocycles. The first-order valence-corrected chi connectivity index (χ1v) is 6.79. The lowest BCUT2D eigenvalue weighted by Gasteiger charge is -1.97. The second kappa shape index (κ2) is 3.68. The maximum Gasteiger partial charge on any atom is 0.262 e. The first-order chi connectivity index (χ1) is 7.75. The largest absolute Gasteiger partial charge is 0.399 e. The van der Waals surface area contributed by atoms with E-state index >= 15 is 0 Å². The number of thiophene rings is 1. The minimum absolute atomic E-state index is 0.0415. The van der Waals surface area contributed by atoms with Crippen LogP contribution >= 0.6 is 23.1 Å². The third kappa shape index (κ3) is 1.47. The molecule has 2 aromatic rings. The Kier molecular flexibility index (Phi) is 2.29. The zero-order valence-corrected chi connectivity index (χ0v) is 10.1. The molecule has 0 atom stereocenters. The smallest absolute Gasteiger partial charge is 0.262 e. The molecule has 5 heteroatoms. The maximum atomic E-state index is 11.8. The molecule has 1 aliphatic heterocycles. The Morgan fingerprint density at radius 3 is 3.12 bits per heavy atom. The van der Waals surface area contributed by atoms with E-state index in [1.807, 2.05) is 18.2 Å². The second-order valence-electron chi connectivity index (χ2n) is 3.62. The van der Waals surface area contributed by atoms with Crippen LogP contribution in [0.25, 0.3) is 10.1 Å². The zero-order valence-electron chi connectivity index (χ0n) is 8.45. The van der Waals surface area contributed by atoms with Crippen LogP contribution in [0.4, 0.5) is 5.69 Å². The quantitative estimate of drug-likeness (QED) is 0.705. The Morgan fingerprint density at radius 1 is 1.38 bits per heavy atom. The highest BCUT2D eigenvalue weighted by Gasteiger charge is 2.21. The molecule has 3 N–H and O–H groups in total. The highest BCUT2D eigenvalue weighted by molar-refractivity contribution is 7.99. The first-order valence-electron chi connectivity index (χ1n) is 4.99. The third-order valence-electron chi connectivity index (χ3n) is 2.51. The number of nitrogens with two attached hydrogens (primary N) is 1. The van der Waals surface area contributed by atoms with Crippen LogP contribution in [0.3, 0.4) is 0 Å². The minimum atomic E-state index is 0.0415. The fourth-order valence-electron chi connectivity index (χ4n) is 1.78. The van der Waals surface area contributed by atoms with Crippen molar-refractivity contribution in [1.29, 1.82) is 0 Å². The van der Waals surface area contributed by atoms with Crippen LogP contribution in [0.15, 0.2) is 23.1 Å². The fourth-order valence-corrected chi connectivity index (χ4v) is 4.10. The van der Waals surface area contributed by atoms with Gasteiger partial charge >= 0.3 is 0 Å². The monoisotopic (exact) mass is 250 g/mol. The summed E-state index contributed by atoms with van der Waals surface area (Å²) in [5.74, 6) is 0.957. The molecule has 2 heterocycles. The molecular formula is C11H10N2OS2. The summed E-state index contributed by atoms with van der Waals surface area (Å²) in [6, 6.07) is 5.81. The van der Waals surface area contributed by atoms with E-state index in [0.29, 0.717) is 0 Å². The average Bonchev–Trinajstić information content (AvgIpc) is 2.52. The summed E-state index contributed by atoms with van der Waals surface area (Å²) in [6.45, 7) is 0.731. The molecule has 1 amide bonds. The van der Waals surface area contributed by atoms with Crippen LogP contribution in [0.5, 0.6) is 0 Å². The fraction of sp³-hybridized carbons (Fsp3) is 0.182. The normalized spacial score (nSPS) is 15.6. The molecular weight excluding hydrogens is 240 g/mol. The first kappa shape index (κ1) is 9.99. The van der Waals surface area contributed by atoms with E-state index in [2.05, 4.69) is 5.32 Å². The lowest BCUT2D eigenvalue weighted by Crippen LogP contribution is -2.22. The predicted molar refractivity (Wildman–Crippen MR) is 69.3 cm³/mol. The van der Waals surface area contributed by atoms with Gasteiger partial charge in [0.15, 0.2) is 0 Å². The van der Waals surface area contributed by atoms with Crippen molar-refractivity contribution in [2.45, 2.75) is 4.90 Å². The van der Waals surface area contributed by atoms with Crippen molar-refractivity contribution in [1.82, 2.24) is 5.32 Å². The van der Waals surface area contributed by atoms with Gasteiger partial charge in [0.05, 0.1) is 0 Å². The Balaban J connectivity index is 2.30. The number of carbonyl (C=O) groups is 1. The van der Waals surface area contributed by atoms with E-state index in [0.717, 1.165) is 37.8 Å². The van der Waals surface area contributed by atoms with E-state index in [1.54, 1.807) is 23.1 Å². The summed E-state index contributed by atoms with van der Waals surface area (Å²) in [7, 11) is 0. The second-order valence-corrected chi connectivity index (χ2v) is 5.78. The Hall–Kier alpha value is -1.20. The van der Waals surface area contributed by atoms with Crippen molar-refractivity contribution in [2.24, 2.45) is 0 Å². The maximum absolute atomic E-state index is 11.8. The Morgan fingerprint density at radius 2 is 2.25 bits per heavy atom. The summed E-state index contributed by atoms with van der Waals surface area (Å²) >= 11 is 3.27. The molecule has 0 spiro atoms. The van der Waals surface area contributed by atoms with Gasteiger partial charge in [-0.3, -0.25) is 4.79 Å². The Bertz CT molecular complexity index is 577. The number of thioether (sulfide) groups is 1. The number of amides is 1. The highest BCUT2D eigenvalue weighted by Crippen LogP contribution is 2.39.